The Morgan fingerprint density at radius 3 is 2.86 bits per heavy atom. The van der Waals surface area contributed by atoms with Crippen molar-refractivity contribution in [2.45, 2.75) is 31.2 Å². The zero-order valence-corrected chi connectivity index (χ0v) is 17.1. The van der Waals surface area contributed by atoms with Gasteiger partial charge in [0.05, 0.1) is 28.0 Å². The number of hydrogen-bond acceptors (Lipinski definition) is 7. The van der Waals surface area contributed by atoms with Gasteiger partial charge < -0.3 is 9.84 Å². The fourth-order valence-corrected chi connectivity index (χ4v) is 4.83. The highest BCUT2D eigenvalue weighted by molar-refractivity contribution is 7.98. The first-order valence-electron chi connectivity index (χ1n) is 8.74. The van der Waals surface area contributed by atoms with Crippen molar-refractivity contribution in [1.82, 2.24) is 20.4 Å². The summed E-state index contributed by atoms with van der Waals surface area (Å²) in [7, 11) is 0. The van der Waals surface area contributed by atoms with E-state index in [-0.39, 0.29) is 5.91 Å². The number of hydrogen-bond donors (Lipinski definition) is 1. The number of benzene rings is 1. The first kappa shape index (κ1) is 18.6. The molecule has 6 nitrogen and oxygen atoms in total. The van der Waals surface area contributed by atoms with Crippen molar-refractivity contribution >= 4 is 39.2 Å². The van der Waals surface area contributed by atoms with Crippen LogP contribution in [0.1, 0.15) is 32.4 Å². The molecule has 1 N–H and O–H groups in total. The number of thioether (sulfide) groups is 1. The van der Waals surface area contributed by atoms with Gasteiger partial charge in [-0.2, -0.15) is 0 Å². The molecule has 0 saturated carbocycles. The molecule has 0 saturated heterocycles. The number of thiazole rings is 1. The molecule has 1 amide bonds. The van der Waals surface area contributed by atoms with E-state index in [0.29, 0.717) is 22.9 Å². The zero-order valence-electron chi connectivity index (χ0n) is 15.4. The minimum Gasteiger partial charge on any atom is -0.361 e. The summed E-state index contributed by atoms with van der Waals surface area (Å²) in [6, 6.07) is 11.5. The van der Waals surface area contributed by atoms with Crippen molar-refractivity contribution in [3.8, 4) is 0 Å². The van der Waals surface area contributed by atoms with Gasteiger partial charge in [-0.3, -0.25) is 4.79 Å². The molecule has 0 radical (unpaired) electrons. The third-order valence-electron chi connectivity index (χ3n) is 4.29. The van der Waals surface area contributed by atoms with E-state index < -0.39 is 0 Å². The van der Waals surface area contributed by atoms with Crippen molar-refractivity contribution in [1.29, 1.82) is 0 Å². The molecule has 8 heteroatoms. The van der Waals surface area contributed by atoms with Gasteiger partial charge in [-0.05, 0) is 38.1 Å². The third kappa shape index (κ3) is 3.93. The second kappa shape index (κ2) is 8.12. The Balaban J connectivity index is 1.45. The molecule has 28 heavy (non-hydrogen) atoms. The number of amides is 1. The molecular weight excluding hydrogens is 392 g/mol. The van der Waals surface area contributed by atoms with E-state index >= 15 is 0 Å². The van der Waals surface area contributed by atoms with Crippen LogP contribution in [-0.4, -0.2) is 21.0 Å². The molecule has 0 aliphatic heterocycles. The number of nitrogens with one attached hydrogen (secondary N) is 1. The predicted octanol–water partition coefficient (Wildman–Crippen LogP) is 4.52. The van der Waals surface area contributed by atoms with E-state index in [1.54, 1.807) is 29.7 Å². The molecule has 4 aromatic rings. The van der Waals surface area contributed by atoms with Gasteiger partial charge in [-0.25, -0.2) is 9.97 Å². The number of rotatable bonds is 6. The molecule has 0 fully saturated rings. The molecule has 0 bridgehead atoms. The van der Waals surface area contributed by atoms with Crippen LogP contribution in [0, 0.1) is 13.8 Å². The average molecular weight is 411 g/mol. The van der Waals surface area contributed by atoms with Crippen LogP contribution in [0.5, 0.6) is 0 Å². The van der Waals surface area contributed by atoms with Crippen molar-refractivity contribution in [3.63, 3.8) is 0 Å². The maximum Gasteiger partial charge on any atom is 0.254 e. The van der Waals surface area contributed by atoms with Gasteiger partial charge in [-0.1, -0.05) is 17.3 Å². The number of carbonyl (C=O) groups excluding carboxylic acids is 1. The van der Waals surface area contributed by atoms with E-state index in [0.717, 1.165) is 32.2 Å². The smallest absolute Gasteiger partial charge is 0.254 e. The number of para-hydroxylation sites is 1. The lowest BCUT2D eigenvalue weighted by Crippen LogP contribution is -2.23. The lowest BCUT2D eigenvalue weighted by Gasteiger charge is -2.08. The monoisotopic (exact) mass is 410 g/mol. The quantitative estimate of drug-likeness (QED) is 0.471. The Labute approximate surface area is 170 Å². The van der Waals surface area contributed by atoms with Crippen LogP contribution in [0.2, 0.25) is 0 Å². The average Bonchev–Trinajstić information content (AvgIpc) is 3.27. The number of aryl methyl sites for hydroxylation is 2. The van der Waals surface area contributed by atoms with Crippen LogP contribution in [0.3, 0.4) is 0 Å². The molecule has 3 heterocycles. The first-order valence-corrected chi connectivity index (χ1v) is 10.5. The molecule has 142 valence electrons. The maximum absolute atomic E-state index is 12.7. The lowest BCUT2D eigenvalue weighted by atomic mass is 10.2. The van der Waals surface area contributed by atoms with Gasteiger partial charge in [0.2, 0.25) is 0 Å². The number of fused-ring (bicyclic) bond motifs is 1. The highest BCUT2D eigenvalue weighted by Gasteiger charge is 2.16. The van der Waals surface area contributed by atoms with E-state index in [1.807, 2.05) is 38.1 Å². The van der Waals surface area contributed by atoms with Crippen LogP contribution in [0.4, 0.5) is 0 Å². The summed E-state index contributed by atoms with van der Waals surface area (Å²) in [6.07, 6.45) is 1.69. The van der Waals surface area contributed by atoms with Gasteiger partial charge in [0.15, 0.2) is 0 Å². The Kier molecular flexibility index (Phi) is 5.40. The fourth-order valence-electron chi connectivity index (χ4n) is 2.77. The zero-order chi connectivity index (χ0) is 19.5. The summed E-state index contributed by atoms with van der Waals surface area (Å²) in [5, 5.41) is 8.49. The minimum absolute atomic E-state index is 0.159. The van der Waals surface area contributed by atoms with Gasteiger partial charge in [0.1, 0.15) is 15.8 Å². The summed E-state index contributed by atoms with van der Waals surface area (Å²) in [5.74, 6) is 1.28. The highest BCUT2D eigenvalue weighted by atomic mass is 32.2. The van der Waals surface area contributed by atoms with Crippen LogP contribution in [-0.2, 0) is 12.3 Å². The molecule has 0 aliphatic rings. The topological polar surface area (TPSA) is 80.9 Å². The molecule has 4 rings (SSSR count). The van der Waals surface area contributed by atoms with E-state index in [1.165, 1.54) is 11.8 Å². The van der Waals surface area contributed by atoms with E-state index in [9.17, 15) is 4.79 Å². The van der Waals surface area contributed by atoms with E-state index in [2.05, 4.69) is 20.4 Å². The fraction of sp³-hybridized carbons (Fsp3) is 0.200. The summed E-state index contributed by atoms with van der Waals surface area (Å²) in [6.45, 7) is 4.19. The third-order valence-corrected chi connectivity index (χ3v) is 6.36. The molecular formula is C20H18N4O2S2. The van der Waals surface area contributed by atoms with Crippen molar-refractivity contribution in [3.05, 3.63) is 70.2 Å². The largest absolute Gasteiger partial charge is 0.361 e. The van der Waals surface area contributed by atoms with Crippen molar-refractivity contribution < 1.29 is 9.32 Å². The molecule has 0 aliphatic carbocycles. The Bertz CT molecular complexity index is 1080. The number of pyridine rings is 1. The standard InChI is InChI=1S/C20H18N4O2S2/c1-12-15(13(2)26-24-12)11-27-20-14(6-5-9-21-20)19(25)22-10-18-23-16-7-3-4-8-17(16)28-18/h3-9H,10-11H2,1-2H3,(H,22,25). The number of carbonyl (C=O) groups is 1. The minimum atomic E-state index is -0.159. The van der Waals surface area contributed by atoms with Crippen LogP contribution < -0.4 is 5.32 Å². The van der Waals surface area contributed by atoms with Crippen LogP contribution in [0.25, 0.3) is 10.2 Å². The predicted molar refractivity (Wildman–Crippen MR) is 111 cm³/mol. The summed E-state index contributed by atoms with van der Waals surface area (Å²) in [4.78, 5) is 21.7. The normalized spacial score (nSPS) is 11.1. The molecule has 1 aromatic carbocycles. The Morgan fingerprint density at radius 2 is 2.07 bits per heavy atom. The Hall–Kier alpha value is -2.71. The van der Waals surface area contributed by atoms with Gasteiger partial charge >= 0.3 is 0 Å². The van der Waals surface area contributed by atoms with Gasteiger partial charge in [0.25, 0.3) is 5.91 Å². The van der Waals surface area contributed by atoms with Gasteiger partial charge in [-0.15, -0.1) is 23.1 Å². The summed E-state index contributed by atoms with van der Waals surface area (Å²) >= 11 is 3.09. The van der Waals surface area contributed by atoms with Crippen LogP contribution in [0.15, 0.2) is 52.1 Å². The maximum atomic E-state index is 12.7. The second-order valence-corrected chi connectivity index (χ2v) is 8.28. The number of nitrogens with zero attached hydrogens (tertiary/aromatic N) is 3. The van der Waals surface area contributed by atoms with E-state index in [4.69, 9.17) is 4.52 Å². The van der Waals surface area contributed by atoms with Gasteiger partial charge in [0, 0.05) is 17.5 Å². The summed E-state index contributed by atoms with van der Waals surface area (Å²) < 4.78 is 6.32. The SMILES string of the molecule is Cc1noc(C)c1CSc1ncccc1C(=O)NCc1nc2ccccc2s1. The summed E-state index contributed by atoms with van der Waals surface area (Å²) in [5.41, 5.74) is 3.41. The van der Waals surface area contributed by atoms with Crippen LogP contribution >= 0.6 is 23.1 Å². The second-order valence-electron chi connectivity index (χ2n) is 6.21. The molecule has 0 atom stereocenters. The molecule has 0 unspecified atom stereocenters. The number of aromatic nitrogens is 3. The first-order chi connectivity index (χ1) is 13.6. The molecule has 0 spiro atoms. The lowest BCUT2D eigenvalue weighted by molar-refractivity contribution is 0.0947. The van der Waals surface area contributed by atoms with Crippen molar-refractivity contribution in [2.24, 2.45) is 0 Å². The highest BCUT2D eigenvalue weighted by Crippen LogP contribution is 2.27. The van der Waals surface area contributed by atoms with Crippen molar-refractivity contribution in [2.75, 3.05) is 0 Å². The molecule has 3 aromatic heterocycles. The Morgan fingerprint density at radius 1 is 1.21 bits per heavy atom.